The molecule has 3 N–H and O–H groups in total. The van der Waals surface area contributed by atoms with Crippen LogP contribution in [0.3, 0.4) is 0 Å². The Morgan fingerprint density at radius 2 is 2.27 bits per heavy atom. The van der Waals surface area contributed by atoms with Crippen LogP contribution in [-0.2, 0) is 0 Å². The van der Waals surface area contributed by atoms with E-state index in [0.717, 1.165) is 11.3 Å². The molecule has 2 aromatic heterocycles. The maximum Gasteiger partial charge on any atom is 0.155 e. The van der Waals surface area contributed by atoms with Gasteiger partial charge >= 0.3 is 0 Å². The predicted molar refractivity (Wildman–Crippen MR) is 62.1 cm³/mol. The predicted octanol–water partition coefficient (Wildman–Crippen LogP) is 1.85. The van der Waals surface area contributed by atoms with Crippen LogP contribution in [-0.4, -0.2) is 16.4 Å². The lowest BCUT2D eigenvalue weighted by Crippen LogP contribution is -2.16. The highest BCUT2D eigenvalue weighted by Crippen LogP contribution is 2.24. The molecular formula is C10H13ClN4. The Bertz CT molecular complexity index is 491. The number of hydrogen-bond acceptors (Lipinski definition) is 3. The first kappa shape index (κ1) is 10.3. The van der Waals surface area contributed by atoms with Gasteiger partial charge in [0.1, 0.15) is 11.6 Å². The molecule has 0 amide bonds. The van der Waals surface area contributed by atoms with Crippen molar-refractivity contribution >= 4 is 22.9 Å². The summed E-state index contributed by atoms with van der Waals surface area (Å²) in [6.45, 7) is 2.01. The number of hydrogen-bond donors (Lipinski definition) is 2. The van der Waals surface area contributed by atoms with Crippen molar-refractivity contribution in [3.63, 3.8) is 0 Å². The van der Waals surface area contributed by atoms with Crippen LogP contribution in [0.4, 0.5) is 5.82 Å². The van der Waals surface area contributed by atoms with Crippen LogP contribution < -0.4 is 11.1 Å². The van der Waals surface area contributed by atoms with E-state index in [4.69, 9.17) is 17.3 Å². The molecule has 4 nitrogen and oxygen atoms in total. The van der Waals surface area contributed by atoms with Crippen LogP contribution in [0.1, 0.15) is 18.8 Å². The van der Waals surface area contributed by atoms with Gasteiger partial charge in [-0.05, 0) is 26.1 Å². The molecule has 80 valence electrons. The topological polar surface area (TPSA) is 55.3 Å². The minimum absolute atomic E-state index is 0.106. The van der Waals surface area contributed by atoms with Gasteiger partial charge in [-0.1, -0.05) is 17.7 Å². The molecular weight excluding hydrogens is 212 g/mol. The van der Waals surface area contributed by atoms with E-state index >= 15 is 0 Å². The summed E-state index contributed by atoms with van der Waals surface area (Å²) in [6.07, 6.45) is 0. The molecule has 1 unspecified atom stereocenters. The third-order valence-corrected chi connectivity index (χ3v) is 2.77. The second-order valence-corrected chi connectivity index (χ2v) is 3.80. The molecule has 2 heterocycles. The number of nitrogen functional groups attached to an aromatic ring is 1. The Hall–Kier alpha value is -1.26. The van der Waals surface area contributed by atoms with Gasteiger partial charge in [0.2, 0.25) is 0 Å². The summed E-state index contributed by atoms with van der Waals surface area (Å²) in [5, 5.41) is 3.60. The van der Waals surface area contributed by atoms with Crippen molar-refractivity contribution in [1.82, 2.24) is 14.7 Å². The van der Waals surface area contributed by atoms with Gasteiger partial charge < -0.3 is 11.1 Å². The molecule has 0 aromatic carbocycles. The van der Waals surface area contributed by atoms with Crippen molar-refractivity contribution in [3.05, 3.63) is 29.2 Å². The molecule has 0 saturated carbocycles. The van der Waals surface area contributed by atoms with E-state index in [-0.39, 0.29) is 6.04 Å². The number of aromatic nitrogens is 2. The average Bonchev–Trinajstić information content (AvgIpc) is 2.57. The number of imidazole rings is 1. The van der Waals surface area contributed by atoms with Gasteiger partial charge in [0, 0.05) is 0 Å². The third-order valence-electron chi connectivity index (χ3n) is 2.49. The Labute approximate surface area is 93.1 Å². The smallest absolute Gasteiger partial charge is 0.155 e. The summed E-state index contributed by atoms with van der Waals surface area (Å²) >= 11 is 6.04. The molecule has 0 bridgehead atoms. The first-order valence-electron chi connectivity index (χ1n) is 4.74. The number of halogens is 1. The molecule has 0 radical (unpaired) electrons. The number of fused-ring (bicyclic) bond motifs is 1. The zero-order valence-electron chi connectivity index (χ0n) is 8.66. The van der Waals surface area contributed by atoms with Crippen LogP contribution in [0.5, 0.6) is 0 Å². The standard InChI is InChI=1S/C10H13ClN4/c1-6(13-2)10-14-9(11)7-4-3-5-8(12)15(7)10/h3-6,13H,12H2,1-2H3. The number of rotatable bonds is 2. The van der Waals surface area contributed by atoms with Gasteiger partial charge in [-0.2, -0.15) is 0 Å². The van der Waals surface area contributed by atoms with E-state index < -0.39 is 0 Å². The minimum atomic E-state index is 0.106. The summed E-state index contributed by atoms with van der Waals surface area (Å²) in [5.74, 6) is 1.47. The van der Waals surface area contributed by atoms with Gasteiger partial charge in [0.25, 0.3) is 0 Å². The van der Waals surface area contributed by atoms with Gasteiger partial charge in [0.15, 0.2) is 5.15 Å². The number of nitrogens with zero attached hydrogens (tertiary/aromatic N) is 2. The lowest BCUT2D eigenvalue weighted by molar-refractivity contribution is 0.609. The Morgan fingerprint density at radius 3 is 2.93 bits per heavy atom. The van der Waals surface area contributed by atoms with Crippen molar-refractivity contribution in [2.45, 2.75) is 13.0 Å². The number of nitrogens with one attached hydrogen (secondary N) is 1. The van der Waals surface area contributed by atoms with Crippen LogP contribution in [0.2, 0.25) is 5.15 Å². The maximum absolute atomic E-state index is 6.04. The van der Waals surface area contributed by atoms with Crippen molar-refractivity contribution in [2.24, 2.45) is 0 Å². The maximum atomic E-state index is 6.04. The highest BCUT2D eigenvalue weighted by molar-refractivity contribution is 6.32. The van der Waals surface area contributed by atoms with Gasteiger partial charge in [0.05, 0.1) is 11.6 Å². The molecule has 0 aliphatic carbocycles. The lowest BCUT2D eigenvalue weighted by Gasteiger charge is -2.10. The Kier molecular flexibility index (Phi) is 2.54. The van der Waals surface area contributed by atoms with Crippen molar-refractivity contribution in [2.75, 3.05) is 12.8 Å². The summed E-state index contributed by atoms with van der Waals surface area (Å²) in [5.41, 5.74) is 6.74. The molecule has 0 aliphatic rings. The van der Waals surface area contributed by atoms with E-state index in [9.17, 15) is 0 Å². The quantitative estimate of drug-likeness (QED) is 0.819. The van der Waals surface area contributed by atoms with Gasteiger partial charge in [-0.15, -0.1) is 0 Å². The highest BCUT2D eigenvalue weighted by Gasteiger charge is 2.15. The normalized spacial score (nSPS) is 13.3. The fourth-order valence-electron chi connectivity index (χ4n) is 1.57. The van der Waals surface area contributed by atoms with Crippen molar-refractivity contribution < 1.29 is 0 Å². The summed E-state index contributed by atoms with van der Waals surface area (Å²) in [4.78, 5) is 4.31. The van der Waals surface area contributed by atoms with Crippen molar-refractivity contribution in [1.29, 1.82) is 0 Å². The molecule has 1 atom stereocenters. The van der Waals surface area contributed by atoms with Crippen molar-refractivity contribution in [3.8, 4) is 0 Å². The molecule has 0 saturated heterocycles. The fraction of sp³-hybridized carbons (Fsp3) is 0.300. The SMILES string of the molecule is CNC(C)c1nc(Cl)c2cccc(N)n12. The fourth-order valence-corrected chi connectivity index (χ4v) is 1.80. The average molecular weight is 225 g/mol. The van der Waals surface area contributed by atoms with Gasteiger partial charge in [-0.3, -0.25) is 4.40 Å². The number of pyridine rings is 1. The van der Waals surface area contributed by atoms with E-state index in [2.05, 4.69) is 10.3 Å². The zero-order valence-corrected chi connectivity index (χ0v) is 9.42. The second kappa shape index (κ2) is 3.72. The van der Waals surface area contributed by atoms with Gasteiger partial charge in [-0.25, -0.2) is 4.98 Å². The lowest BCUT2D eigenvalue weighted by atomic mass is 10.3. The molecule has 0 fully saturated rings. The van der Waals surface area contributed by atoms with Crippen LogP contribution >= 0.6 is 11.6 Å². The zero-order chi connectivity index (χ0) is 11.0. The highest BCUT2D eigenvalue weighted by atomic mass is 35.5. The summed E-state index contributed by atoms with van der Waals surface area (Å²) < 4.78 is 1.86. The Balaban J connectivity index is 2.75. The number of nitrogens with two attached hydrogens (primary N) is 1. The third kappa shape index (κ3) is 1.56. The summed E-state index contributed by atoms with van der Waals surface area (Å²) in [7, 11) is 1.87. The van der Waals surface area contributed by atoms with E-state index in [0.29, 0.717) is 11.0 Å². The molecule has 0 aliphatic heterocycles. The first-order chi connectivity index (χ1) is 7.15. The van der Waals surface area contributed by atoms with Crippen LogP contribution in [0.15, 0.2) is 18.2 Å². The molecule has 15 heavy (non-hydrogen) atoms. The van der Waals surface area contributed by atoms with E-state index in [1.807, 2.05) is 36.6 Å². The molecule has 0 spiro atoms. The van der Waals surface area contributed by atoms with E-state index in [1.165, 1.54) is 0 Å². The van der Waals surface area contributed by atoms with Crippen LogP contribution in [0, 0.1) is 0 Å². The van der Waals surface area contributed by atoms with E-state index in [1.54, 1.807) is 0 Å². The molecule has 5 heteroatoms. The Morgan fingerprint density at radius 1 is 1.53 bits per heavy atom. The largest absolute Gasteiger partial charge is 0.385 e. The monoisotopic (exact) mass is 224 g/mol. The molecule has 2 rings (SSSR count). The summed E-state index contributed by atoms with van der Waals surface area (Å²) in [6, 6.07) is 5.70. The van der Waals surface area contributed by atoms with Crippen LogP contribution in [0.25, 0.3) is 5.52 Å². The second-order valence-electron chi connectivity index (χ2n) is 3.44. The molecule has 2 aromatic rings. The first-order valence-corrected chi connectivity index (χ1v) is 5.12. The minimum Gasteiger partial charge on any atom is -0.385 e. The number of anilines is 1.